The highest BCUT2D eigenvalue weighted by Gasteiger charge is 2.30. The van der Waals surface area contributed by atoms with Crippen LogP contribution in [-0.4, -0.2) is 49.0 Å². The van der Waals surface area contributed by atoms with Gasteiger partial charge in [0.25, 0.3) is 5.69 Å². The Kier molecular flexibility index (Phi) is 6.14. The topological polar surface area (TPSA) is 113 Å². The van der Waals surface area contributed by atoms with Gasteiger partial charge in [-0.15, -0.1) is 0 Å². The van der Waals surface area contributed by atoms with Crippen molar-refractivity contribution in [1.82, 2.24) is 4.31 Å². The summed E-state index contributed by atoms with van der Waals surface area (Å²) >= 11 is 0. The lowest BCUT2D eigenvalue weighted by Crippen LogP contribution is -2.39. The van der Waals surface area contributed by atoms with Crippen molar-refractivity contribution in [2.75, 3.05) is 31.6 Å². The molecule has 9 heteroatoms. The molecule has 1 saturated heterocycles. The van der Waals surface area contributed by atoms with Gasteiger partial charge >= 0.3 is 0 Å². The lowest BCUT2D eigenvalue weighted by Gasteiger charge is -2.30. The molecule has 2 rings (SSSR count). The van der Waals surface area contributed by atoms with Crippen LogP contribution in [0.5, 0.6) is 0 Å². The normalized spacial score (nSPS) is 19.2. The van der Waals surface area contributed by atoms with Crippen LogP contribution in [0.1, 0.15) is 26.2 Å². The van der Waals surface area contributed by atoms with Crippen molar-refractivity contribution in [3.63, 3.8) is 0 Å². The van der Waals surface area contributed by atoms with Gasteiger partial charge in [-0.05, 0) is 37.3 Å². The monoisotopic (exact) mass is 357 g/mol. The van der Waals surface area contributed by atoms with E-state index in [1.807, 2.05) is 6.92 Å². The minimum atomic E-state index is -3.73. The second kappa shape index (κ2) is 7.91. The highest BCUT2D eigenvalue weighted by molar-refractivity contribution is 7.89. The number of nitrogens with zero attached hydrogens (tertiary/aromatic N) is 2. The maximum absolute atomic E-state index is 12.7. The molecule has 0 radical (unpaired) electrons. The molecule has 0 amide bonds. The summed E-state index contributed by atoms with van der Waals surface area (Å²) in [5.74, 6) is 0.280. The van der Waals surface area contributed by atoms with Gasteiger partial charge in [-0.3, -0.25) is 10.1 Å². The fourth-order valence-electron chi connectivity index (χ4n) is 2.79. The van der Waals surface area contributed by atoms with E-state index >= 15 is 0 Å². The number of aliphatic hydroxyl groups is 1. The van der Waals surface area contributed by atoms with Crippen molar-refractivity contribution >= 4 is 21.4 Å². The van der Waals surface area contributed by atoms with Crippen LogP contribution in [0.25, 0.3) is 0 Å². The third kappa shape index (κ3) is 4.22. The molecule has 1 heterocycles. The van der Waals surface area contributed by atoms with Crippen LogP contribution in [0.15, 0.2) is 23.1 Å². The molecule has 1 aliphatic heterocycles. The number of sulfonamides is 1. The van der Waals surface area contributed by atoms with E-state index in [0.717, 1.165) is 18.9 Å². The van der Waals surface area contributed by atoms with E-state index < -0.39 is 14.9 Å². The first-order valence-electron chi connectivity index (χ1n) is 7.99. The number of aliphatic hydroxyl groups excluding tert-OH is 1. The molecular formula is C15H23N3O5S. The highest BCUT2D eigenvalue weighted by atomic mass is 32.2. The van der Waals surface area contributed by atoms with Crippen molar-refractivity contribution < 1.29 is 18.4 Å². The Labute approximate surface area is 141 Å². The van der Waals surface area contributed by atoms with E-state index in [9.17, 15) is 18.5 Å². The lowest BCUT2D eigenvalue weighted by molar-refractivity contribution is -0.384. The Morgan fingerprint density at radius 3 is 2.83 bits per heavy atom. The lowest BCUT2D eigenvalue weighted by atomic mass is 10.0. The highest BCUT2D eigenvalue weighted by Crippen LogP contribution is 2.30. The molecule has 0 saturated carbocycles. The van der Waals surface area contributed by atoms with Gasteiger partial charge < -0.3 is 10.4 Å². The minimum absolute atomic E-state index is 0.0274. The van der Waals surface area contributed by atoms with Crippen molar-refractivity contribution in [1.29, 1.82) is 0 Å². The molecule has 0 aliphatic carbocycles. The zero-order valence-corrected chi connectivity index (χ0v) is 14.5. The SMILES string of the molecule is C[C@@H]1CCCN(S(=O)(=O)c2ccc(NCCCO)c([N+](=O)[O-])c2)C1. The van der Waals surface area contributed by atoms with Crippen LogP contribution in [0.4, 0.5) is 11.4 Å². The maximum Gasteiger partial charge on any atom is 0.293 e. The van der Waals surface area contributed by atoms with E-state index in [2.05, 4.69) is 5.32 Å². The fraction of sp³-hybridized carbons (Fsp3) is 0.600. The molecule has 1 aromatic carbocycles. The molecule has 1 aromatic rings. The van der Waals surface area contributed by atoms with Gasteiger partial charge in [-0.1, -0.05) is 6.92 Å². The van der Waals surface area contributed by atoms with Crippen LogP contribution < -0.4 is 5.32 Å². The maximum atomic E-state index is 12.7. The van der Waals surface area contributed by atoms with Crippen LogP contribution in [0, 0.1) is 16.0 Å². The average molecular weight is 357 g/mol. The largest absolute Gasteiger partial charge is 0.396 e. The zero-order valence-electron chi connectivity index (χ0n) is 13.6. The Morgan fingerprint density at radius 2 is 2.21 bits per heavy atom. The van der Waals surface area contributed by atoms with E-state index in [1.165, 1.54) is 16.4 Å². The number of hydrogen-bond acceptors (Lipinski definition) is 6. The first-order chi connectivity index (χ1) is 11.4. The van der Waals surface area contributed by atoms with E-state index in [0.29, 0.717) is 26.1 Å². The molecule has 1 aliphatic rings. The summed E-state index contributed by atoms with van der Waals surface area (Å²) in [6.45, 7) is 3.22. The van der Waals surface area contributed by atoms with Crippen LogP contribution in [0.2, 0.25) is 0 Å². The molecule has 0 unspecified atom stereocenters. The van der Waals surface area contributed by atoms with Gasteiger partial charge in [-0.2, -0.15) is 4.31 Å². The predicted molar refractivity (Wildman–Crippen MR) is 90.4 cm³/mol. The van der Waals surface area contributed by atoms with Crippen molar-refractivity contribution in [3.05, 3.63) is 28.3 Å². The smallest absolute Gasteiger partial charge is 0.293 e. The van der Waals surface area contributed by atoms with Crippen LogP contribution >= 0.6 is 0 Å². The summed E-state index contributed by atoms with van der Waals surface area (Å²) < 4.78 is 26.9. The molecule has 134 valence electrons. The predicted octanol–water partition coefficient (Wildman–Crippen LogP) is 1.81. The first-order valence-corrected chi connectivity index (χ1v) is 9.43. The van der Waals surface area contributed by atoms with Crippen LogP contribution in [-0.2, 0) is 10.0 Å². The van der Waals surface area contributed by atoms with E-state index in [-0.39, 0.29) is 28.8 Å². The van der Waals surface area contributed by atoms with Gasteiger partial charge in [-0.25, -0.2) is 8.42 Å². The summed E-state index contributed by atoms with van der Waals surface area (Å²) in [6.07, 6.45) is 2.23. The summed E-state index contributed by atoms with van der Waals surface area (Å²) in [7, 11) is -3.73. The molecule has 2 N–H and O–H groups in total. The fourth-order valence-corrected chi connectivity index (χ4v) is 4.41. The molecule has 0 aromatic heterocycles. The third-order valence-electron chi connectivity index (χ3n) is 4.07. The van der Waals surface area contributed by atoms with Crippen molar-refractivity contribution in [2.45, 2.75) is 31.1 Å². The molecule has 1 fully saturated rings. The molecule has 1 atom stereocenters. The number of nitrogens with one attached hydrogen (secondary N) is 1. The summed E-state index contributed by atoms with van der Waals surface area (Å²) in [4.78, 5) is 10.6. The second-order valence-electron chi connectivity index (χ2n) is 6.05. The number of nitro benzene ring substituents is 1. The Morgan fingerprint density at radius 1 is 1.46 bits per heavy atom. The van der Waals surface area contributed by atoms with Crippen molar-refractivity contribution in [2.24, 2.45) is 5.92 Å². The van der Waals surface area contributed by atoms with E-state index in [4.69, 9.17) is 5.11 Å². The molecule has 0 bridgehead atoms. The first kappa shape index (κ1) is 18.6. The summed E-state index contributed by atoms with van der Waals surface area (Å²) in [5, 5.41) is 22.9. The van der Waals surface area contributed by atoms with Gasteiger partial charge in [0.15, 0.2) is 0 Å². The van der Waals surface area contributed by atoms with Crippen molar-refractivity contribution in [3.8, 4) is 0 Å². The number of anilines is 1. The number of nitro groups is 1. The number of piperidine rings is 1. The number of rotatable bonds is 7. The van der Waals surface area contributed by atoms with Gasteiger partial charge in [0.05, 0.1) is 9.82 Å². The third-order valence-corrected chi connectivity index (χ3v) is 5.93. The quantitative estimate of drug-likeness (QED) is 0.437. The molecule has 0 spiro atoms. The van der Waals surface area contributed by atoms with Gasteiger partial charge in [0, 0.05) is 32.3 Å². The van der Waals surface area contributed by atoms with Gasteiger partial charge in [0.2, 0.25) is 10.0 Å². The minimum Gasteiger partial charge on any atom is -0.396 e. The molecular weight excluding hydrogens is 334 g/mol. The second-order valence-corrected chi connectivity index (χ2v) is 7.99. The van der Waals surface area contributed by atoms with Crippen LogP contribution in [0.3, 0.4) is 0 Å². The average Bonchev–Trinajstić information content (AvgIpc) is 2.55. The Bertz CT molecular complexity index is 692. The summed E-state index contributed by atoms with van der Waals surface area (Å²) in [5.41, 5.74) is -0.0292. The Hall–Kier alpha value is -1.71. The Balaban J connectivity index is 2.29. The number of hydrogen-bond donors (Lipinski definition) is 2. The van der Waals surface area contributed by atoms with E-state index in [1.54, 1.807) is 0 Å². The summed E-state index contributed by atoms with van der Waals surface area (Å²) in [6, 6.07) is 3.91. The number of benzene rings is 1. The molecule has 24 heavy (non-hydrogen) atoms. The standard InChI is InChI=1S/C15H23N3O5S/c1-12-4-2-8-17(11-12)24(22,23)13-5-6-14(16-7-3-9-19)15(10-13)18(20)21/h5-6,10,12,16,19H,2-4,7-9,11H2,1H3/t12-/m1/s1. The van der Waals surface area contributed by atoms with Gasteiger partial charge in [0.1, 0.15) is 5.69 Å². The molecule has 8 nitrogen and oxygen atoms in total. The zero-order chi connectivity index (χ0) is 17.7.